The van der Waals surface area contributed by atoms with Gasteiger partial charge in [-0.05, 0) is 23.3 Å². The first-order valence-corrected chi connectivity index (χ1v) is 6.68. The van der Waals surface area contributed by atoms with Gasteiger partial charge >= 0.3 is 0 Å². The highest BCUT2D eigenvalue weighted by molar-refractivity contribution is 5.44. The summed E-state index contributed by atoms with van der Waals surface area (Å²) in [6.07, 6.45) is 1.95. The largest absolute Gasteiger partial charge is 0.375 e. The van der Waals surface area contributed by atoms with E-state index in [-0.39, 0.29) is 0 Å². The van der Waals surface area contributed by atoms with E-state index in [1.807, 2.05) is 90.6 Å². The molecule has 0 aliphatic carbocycles. The van der Waals surface area contributed by atoms with E-state index in [4.69, 9.17) is 0 Å². The maximum Gasteiger partial charge on any atom is 0.155 e. The molecular weight excluding hydrogens is 246 g/mol. The Balaban J connectivity index is 2.27. The van der Waals surface area contributed by atoms with Crippen molar-refractivity contribution in [3.05, 3.63) is 95.8 Å². The van der Waals surface area contributed by atoms with Crippen molar-refractivity contribution in [1.29, 1.82) is 0 Å². The standard InChI is InChI=1S/C18H17NO/c1-19-14-8-13-17(19)18(20,15-9-4-2-5-10-15)16-11-6-3-7-12-16/h2-14,20H,1H3. The predicted octanol–water partition coefficient (Wildman–Crippen LogP) is 3.31. The lowest BCUT2D eigenvalue weighted by Crippen LogP contribution is -2.31. The molecule has 0 unspecified atom stereocenters. The summed E-state index contributed by atoms with van der Waals surface area (Å²) in [5, 5.41) is 11.5. The van der Waals surface area contributed by atoms with Crippen molar-refractivity contribution in [3.8, 4) is 0 Å². The third kappa shape index (κ3) is 1.95. The van der Waals surface area contributed by atoms with Gasteiger partial charge < -0.3 is 9.67 Å². The highest BCUT2D eigenvalue weighted by atomic mass is 16.3. The lowest BCUT2D eigenvalue weighted by molar-refractivity contribution is 0.117. The van der Waals surface area contributed by atoms with Gasteiger partial charge in [0.1, 0.15) is 0 Å². The van der Waals surface area contributed by atoms with Gasteiger partial charge in [0, 0.05) is 13.2 Å². The summed E-state index contributed by atoms with van der Waals surface area (Å²) < 4.78 is 1.96. The van der Waals surface area contributed by atoms with Crippen LogP contribution in [0, 0.1) is 0 Å². The second kappa shape index (κ2) is 4.99. The molecule has 0 aliphatic rings. The lowest BCUT2D eigenvalue weighted by Gasteiger charge is -2.30. The first kappa shape index (κ1) is 12.7. The minimum atomic E-state index is -1.14. The van der Waals surface area contributed by atoms with Crippen molar-refractivity contribution >= 4 is 0 Å². The molecule has 0 saturated carbocycles. The van der Waals surface area contributed by atoms with E-state index in [1.54, 1.807) is 0 Å². The summed E-state index contributed by atoms with van der Waals surface area (Å²) >= 11 is 0. The van der Waals surface area contributed by atoms with Gasteiger partial charge in [0.2, 0.25) is 0 Å². The first-order valence-electron chi connectivity index (χ1n) is 6.68. The average Bonchev–Trinajstić information content (AvgIpc) is 2.95. The first-order chi connectivity index (χ1) is 9.73. The van der Waals surface area contributed by atoms with Gasteiger partial charge in [0.15, 0.2) is 5.60 Å². The van der Waals surface area contributed by atoms with Crippen LogP contribution in [-0.4, -0.2) is 9.67 Å². The SMILES string of the molecule is Cn1cccc1C(O)(c1ccccc1)c1ccccc1. The van der Waals surface area contributed by atoms with Crippen molar-refractivity contribution in [2.45, 2.75) is 5.60 Å². The zero-order chi connectivity index (χ0) is 14.0. The molecule has 1 N–H and O–H groups in total. The predicted molar refractivity (Wildman–Crippen MR) is 80.4 cm³/mol. The van der Waals surface area contributed by atoms with Crippen LogP contribution >= 0.6 is 0 Å². The molecule has 1 heterocycles. The quantitative estimate of drug-likeness (QED) is 0.770. The molecule has 3 rings (SSSR count). The molecule has 2 heteroatoms. The summed E-state index contributed by atoms with van der Waals surface area (Å²) in [6.45, 7) is 0. The van der Waals surface area contributed by atoms with Crippen LogP contribution in [0.2, 0.25) is 0 Å². The van der Waals surface area contributed by atoms with Gasteiger partial charge in [-0.3, -0.25) is 0 Å². The summed E-state index contributed by atoms with van der Waals surface area (Å²) in [6, 6.07) is 23.5. The van der Waals surface area contributed by atoms with Gasteiger partial charge in [-0.2, -0.15) is 0 Å². The Morgan fingerprint density at radius 1 is 0.750 bits per heavy atom. The Hall–Kier alpha value is -2.32. The minimum Gasteiger partial charge on any atom is -0.375 e. The molecule has 3 aromatic rings. The lowest BCUT2D eigenvalue weighted by atomic mass is 9.83. The third-order valence-electron chi connectivity index (χ3n) is 3.70. The molecule has 1 aromatic heterocycles. The van der Waals surface area contributed by atoms with E-state index >= 15 is 0 Å². The summed E-state index contributed by atoms with van der Waals surface area (Å²) in [5.41, 5.74) is 1.46. The molecule has 0 aliphatic heterocycles. The topological polar surface area (TPSA) is 25.2 Å². The van der Waals surface area contributed by atoms with Gasteiger partial charge in [-0.15, -0.1) is 0 Å². The number of nitrogens with zero attached hydrogens (tertiary/aromatic N) is 1. The Kier molecular flexibility index (Phi) is 3.17. The second-order valence-electron chi connectivity index (χ2n) is 4.95. The Morgan fingerprint density at radius 2 is 1.25 bits per heavy atom. The highest BCUT2D eigenvalue weighted by Crippen LogP contribution is 2.36. The number of benzene rings is 2. The van der Waals surface area contributed by atoms with Crippen LogP contribution in [0.25, 0.3) is 0 Å². The molecule has 20 heavy (non-hydrogen) atoms. The fraction of sp³-hybridized carbons (Fsp3) is 0.111. The van der Waals surface area contributed by atoms with Crippen LogP contribution in [0.3, 0.4) is 0 Å². The fourth-order valence-electron chi connectivity index (χ4n) is 2.66. The zero-order valence-electron chi connectivity index (χ0n) is 11.4. The van der Waals surface area contributed by atoms with Gasteiger partial charge in [-0.25, -0.2) is 0 Å². The van der Waals surface area contributed by atoms with Crippen LogP contribution in [0.5, 0.6) is 0 Å². The molecule has 100 valence electrons. The molecule has 0 fully saturated rings. The maximum absolute atomic E-state index is 11.5. The molecular formula is C18H17NO. The minimum absolute atomic E-state index is 0.856. The fourth-order valence-corrected chi connectivity index (χ4v) is 2.66. The van der Waals surface area contributed by atoms with E-state index in [2.05, 4.69) is 0 Å². The molecule has 0 bridgehead atoms. The van der Waals surface area contributed by atoms with Gasteiger partial charge in [-0.1, -0.05) is 60.7 Å². The van der Waals surface area contributed by atoms with Gasteiger partial charge in [0.05, 0.1) is 5.69 Å². The van der Waals surface area contributed by atoms with E-state index in [9.17, 15) is 5.11 Å². The summed E-state index contributed by atoms with van der Waals surface area (Å²) in [5.74, 6) is 0. The van der Waals surface area contributed by atoms with Crippen molar-refractivity contribution in [3.63, 3.8) is 0 Å². The van der Waals surface area contributed by atoms with Crippen molar-refractivity contribution in [1.82, 2.24) is 4.57 Å². The van der Waals surface area contributed by atoms with Crippen LogP contribution in [0.1, 0.15) is 16.8 Å². The zero-order valence-corrected chi connectivity index (χ0v) is 11.4. The van der Waals surface area contributed by atoms with E-state index in [1.165, 1.54) is 0 Å². The molecule has 2 nitrogen and oxygen atoms in total. The van der Waals surface area contributed by atoms with Crippen molar-refractivity contribution < 1.29 is 5.11 Å². The number of aromatic nitrogens is 1. The molecule has 0 atom stereocenters. The number of rotatable bonds is 3. The molecule has 0 amide bonds. The molecule has 0 spiro atoms. The van der Waals surface area contributed by atoms with E-state index in [0.29, 0.717) is 0 Å². The average molecular weight is 263 g/mol. The number of aliphatic hydroxyl groups is 1. The number of hydrogen-bond donors (Lipinski definition) is 1. The van der Waals surface area contributed by atoms with Crippen LogP contribution in [-0.2, 0) is 12.6 Å². The van der Waals surface area contributed by atoms with Crippen molar-refractivity contribution in [2.75, 3.05) is 0 Å². The van der Waals surface area contributed by atoms with Gasteiger partial charge in [0.25, 0.3) is 0 Å². The van der Waals surface area contributed by atoms with Crippen molar-refractivity contribution in [2.24, 2.45) is 7.05 Å². The van der Waals surface area contributed by atoms with E-state index < -0.39 is 5.60 Å². The number of hydrogen-bond acceptors (Lipinski definition) is 1. The summed E-state index contributed by atoms with van der Waals surface area (Å²) in [7, 11) is 1.95. The maximum atomic E-state index is 11.5. The van der Waals surface area contributed by atoms with E-state index in [0.717, 1.165) is 16.8 Å². The monoisotopic (exact) mass is 263 g/mol. The highest BCUT2D eigenvalue weighted by Gasteiger charge is 2.35. The Morgan fingerprint density at radius 3 is 1.65 bits per heavy atom. The molecule has 0 saturated heterocycles. The summed E-state index contributed by atoms with van der Waals surface area (Å²) in [4.78, 5) is 0. The number of aryl methyl sites for hydroxylation is 1. The Labute approximate surface area is 118 Å². The van der Waals surface area contributed by atoms with Crippen LogP contribution in [0.4, 0.5) is 0 Å². The molecule has 2 aromatic carbocycles. The normalized spacial score (nSPS) is 11.5. The second-order valence-corrected chi connectivity index (χ2v) is 4.95. The van der Waals surface area contributed by atoms with Crippen LogP contribution < -0.4 is 0 Å². The third-order valence-corrected chi connectivity index (χ3v) is 3.70. The van der Waals surface area contributed by atoms with Crippen LogP contribution in [0.15, 0.2) is 79.0 Å². The smallest absolute Gasteiger partial charge is 0.155 e. The molecule has 0 radical (unpaired) electrons. The Bertz CT molecular complexity index is 646.